The van der Waals surface area contributed by atoms with Crippen molar-refractivity contribution in [1.29, 1.82) is 0 Å². The molecule has 0 saturated carbocycles. The summed E-state index contributed by atoms with van der Waals surface area (Å²) >= 11 is 0. The van der Waals surface area contributed by atoms with Gasteiger partial charge in [-0.1, -0.05) is 18.2 Å². The van der Waals surface area contributed by atoms with Crippen LogP contribution in [0.1, 0.15) is 10.5 Å². The van der Waals surface area contributed by atoms with Gasteiger partial charge in [-0.3, -0.25) is 0 Å². The summed E-state index contributed by atoms with van der Waals surface area (Å²) in [6, 6.07) is 9.54. The second-order valence-corrected chi connectivity index (χ2v) is 3.97. The van der Waals surface area contributed by atoms with E-state index in [-0.39, 0.29) is 5.69 Å². The van der Waals surface area contributed by atoms with Crippen LogP contribution in [0, 0.1) is 0 Å². The van der Waals surface area contributed by atoms with Crippen LogP contribution in [0.15, 0.2) is 36.5 Å². The fraction of sp³-hybridized carbons (Fsp3) is 0.0769. The van der Waals surface area contributed by atoms with Crippen molar-refractivity contribution in [2.24, 2.45) is 7.05 Å². The molecule has 2 heterocycles. The number of aromatic nitrogens is 2. The number of para-hydroxylation sites is 1. The Morgan fingerprint density at radius 2 is 2.00 bits per heavy atom. The predicted octanol–water partition coefficient (Wildman–Crippen LogP) is 2.42. The standard InChI is InChI=1S/C13H10N2O2/c1-15-11-5-3-2-4-8(11)9-6-10(13(16)17)14-7-12(9)15/h2-7H,1H3,(H,16,17). The first-order chi connectivity index (χ1) is 8.18. The van der Waals surface area contributed by atoms with Crippen LogP contribution in [0.5, 0.6) is 0 Å². The number of aryl methyl sites for hydroxylation is 1. The molecule has 0 spiro atoms. The molecule has 0 radical (unpaired) electrons. The van der Waals surface area contributed by atoms with E-state index < -0.39 is 5.97 Å². The molecule has 4 nitrogen and oxygen atoms in total. The van der Waals surface area contributed by atoms with Crippen molar-refractivity contribution >= 4 is 27.8 Å². The molecule has 4 heteroatoms. The Morgan fingerprint density at radius 1 is 1.24 bits per heavy atom. The van der Waals surface area contributed by atoms with Gasteiger partial charge < -0.3 is 9.67 Å². The lowest BCUT2D eigenvalue weighted by Gasteiger charge is -1.97. The summed E-state index contributed by atoms with van der Waals surface area (Å²) in [7, 11) is 1.95. The number of carboxylic acids is 1. The molecule has 17 heavy (non-hydrogen) atoms. The summed E-state index contributed by atoms with van der Waals surface area (Å²) in [5.74, 6) is -1.00. The summed E-state index contributed by atoms with van der Waals surface area (Å²) in [5, 5.41) is 10.9. The summed E-state index contributed by atoms with van der Waals surface area (Å²) in [6.07, 6.45) is 1.61. The number of hydrogen-bond acceptors (Lipinski definition) is 2. The van der Waals surface area contributed by atoms with E-state index in [2.05, 4.69) is 4.98 Å². The second kappa shape index (κ2) is 3.31. The molecule has 0 saturated heterocycles. The predicted molar refractivity (Wildman–Crippen MR) is 65.2 cm³/mol. The third-order valence-corrected chi connectivity index (χ3v) is 3.02. The topological polar surface area (TPSA) is 55.1 Å². The molecule has 0 atom stereocenters. The van der Waals surface area contributed by atoms with E-state index in [1.54, 1.807) is 12.3 Å². The van der Waals surface area contributed by atoms with Crippen molar-refractivity contribution in [1.82, 2.24) is 9.55 Å². The van der Waals surface area contributed by atoms with Gasteiger partial charge in [0.1, 0.15) is 5.69 Å². The molecule has 0 fully saturated rings. The minimum Gasteiger partial charge on any atom is -0.477 e. The van der Waals surface area contributed by atoms with Crippen LogP contribution in [0.3, 0.4) is 0 Å². The summed E-state index contributed by atoms with van der Waals surface area (Å²) in [5.41, 5.74) is 2.09. The van der Waals surface area contributed by atoms with Crippen LogP contribution in [0.25, 0.3) is 21.8 Å². The zero-order valence-corrected chi connectivity index (χ0v) is 9.21. The van der Waals surface area contributed by atoms with Crippen LogP contribution >= 0.6 is 0 Å². The monoisotopic (exact) mass is 226 g/mol. The Balaban J connectivity index is 2.50. The van der Waals surface area contributed by atoms with Gasteiger partial charge in [-0.25, -0.2) is 9.78 Å². The maximum Gasteiger partial charge on any atom is 0.354 e. The molecule has 84 valence electrons. The van der Waals surface area contributed by atoms with Crippen molar-refractivity contribution in [2.45, 2.75) is 0 Å². The van der Waals surface area contributed by atoms with Crippen molar-refractivity contribution in [2.75, 3.05) is 0 Å². The van der Waals surface area contributed by atoms with Gasteiger partial charge in [0, 0.05) is 23.3 Å². The molecule has 0 unspecified atom stereocenters. The van der Waals surface area contributed by atoms with Crippen molar-refractivity contribution in [3.05, 3.63) is 42.2 Å². The lowest BCUT2D eigenvalue weighted by Crippen LogP contribution is -1.99. The summed E-state index contributed by atoms with van der Waals surface area (Å²) < 4.78 is 2.02. The van der Waals surface area contributed by atoms with E-state index in [1.165, 1.54) is 0 Å². The Labute approximate surface area is 97.1 Å². The Bertz CT molecular complexity index is 744. The first-order valence-electron chi connectivity index (χ1n) is 5.25. The number of hydrogen-bond donors (Lipinski definition) is 1. The van der Waals surface area contributed by atoms with E-state index >= 15 is 0 Å². The van der Waals surface area contributed by atoms with Gasteiger partial charge >= 0.3 is 5.97 Å². The molecule has 0 aliphatic rings. The Morgan fingerprint density at radius 3 is 2.76 bits per heavy atom. The smallest absolute Gasteiger partial charge is 0.354 e. The Kier molecular flexibility index (Phi) is 1.92. The molecule has 0 amide bonds. The van der Waals surface area contributed by atoms with Crippen molar-refractivity contribution in [3.63, 3.8) is 0 Å². The van der Waals surface area contributed by atoms with Crippen molar-refractivity contribution < 1.29 is 9.90 Å². The first kappa shape index (κ1) is 9.84. The molecule has 3 rings (SSSR count). The highest BCUT2D eigenvalue weighted by Gasteiger charge is 2.11. The molecule has 0 aliphatic heterocycles. The quantitative estimate of drug-likeness (QED) is 0.693. The number of carboxylic acid groups (broad SMARTS) is 1. The number of aromatic carboxylic acids is 1. The highest BCUT2D eigenvalue weighted by Crippen LogP contribution is 2.27. The zero-order chi connectivity index (χ0) is 12.0. The first-order valence-corrected chi connectivity index (χ1v) is 5.25. The number of rotatable bonds is 1. The lowest BCUT2D eigenvalue weighted by molar-refractivity contribution is 0.0691. The molecule has 0 bridgehead atoms. The fourth-order valence-corrected chi connectivity index (χ4v) is 2.17. The molecule has 1 aromatic carbocycles. The van der Waals surface area contributed by atoms with Gasteiger partial charge in [0.15, 0.2) is 0 Å². The number of nitrogens with zero attached hydrogens (tertiary/aromatic N) is 2. The molecular weight excluding hydrogens is 216 g/mol. The summed E-state index contributed by atoms with van der Waals surface area (Å²) in [4.78, 5) is 14.9. The van der Waals surface area contributed by atoms with Gasteiger partial charge in [0.05, 0.1) is 11.7 Å². The normalized spacial score (nSPS) is 11.1. The van der Waals surface area contributed by atoms with Crippen molar-refractivity contribution in [3.8, 4) is 0 Å². The maximum atomic E-state index is 10.9. The average Bonchev–Trinajstić information content (AvgIpc) is 2.64. The fourth-order valence-electron chi connectivity index (χ4n) is 2.17. The maximum absolute atomic E-state index is 10.9. The van der Waals surface area contributed by atoms with E-state index in [0.29, 0.717) is 0 Å². The summed E-state index contributed by atoms with van der Waals surface area (Å²) in [6.45, 7) is 0. The molecule has 2 aromatic heterocycles. The van der Waals surface area contributed by atoms with Crippen LogP contribution in [0.4, 0.5) is 0 Å². The van der Waals surface area contributed by atoms with Gasteiger partial charge in [0.2, 0.25) is 0 Å². The number of benzene rings is 1. The molecule has 3 aromatic rings. The third-order valence-electron chi connectivity index (χ3n) is 3.02. The highest BCUT2D eigenvalue weighted by molar-refractivity contribution is 6.09. The molecular formula is C13H10N2O2. The van der Waals surface area contributed by atoms with Gasteiger partial charge in [-0.2, -0.15) is 0 Å². The average molecular weight is 226 g/mol. The van der Waals surface area contributed by atoms with E-state index in [0.717, 1.165) is 21.8 Å². The van der Waals surface area contributed by atoms with Crippen LogP contribution < -0.4 is 0 Å². The minimum absolute atomic E-state index is 0.0776. The van der Waals surface area contributed by atoms with Gasteiger partial charge in [-0.15, -0.1) is 0 Å². The number of fused-ring (bicyclic) bond motifs is 3. The van der Waals surface area contributed by atoms with E-state index in [4.69, 9.17) is 5.11 Å². The van der Waals surface area contributed by atoms with Gasteiger partial charge in [0.25, 0.3) is 0 Å². The second-order valence-electron chi connectivity index (χ2n) is 3.97. The van der Waals surface area contributed by atoms with Crippen LogP contribution in [-0.2, 0) is 7.05 Å². The van der Waals surface area contributed by atoms with E-state index in [9.17, 15) is 4.79 Å². The largest absolute Gasteiger partial charge is 0.477 e. The number of pyridine rings is 1. The van der Waals surface area contributed by atoms with Crippen LogP contribution in [0.2, 0.25) is 0 Å². The number of carbonyl (C=O) groups is 1. The molecule has 0 aliphatic carbocycles. The Hall–Kier alpha value is -2.36. The zero-order valence-electron chi connectivity index (χ0n) is 9.21. The van der Waals surface area contributed by atoms with E-state index in [1.807, 2.05) is 35.9 Å². The van der Waals surface area contributed by atoms with Crippen LogP contribution in [-0.4, -0.2) is 20.6 Å². The minimum atomic E-state index is -1.00. The SMILES string of the molecule is Cn1c2ccccc2c2cc(C(=O)O)ncc21. The van der Waals surface area contributed by atoms with Gasteiger partial charge in [-0.05, 0) is 12.1 Å². The molecule has 1 N–H and O–H groups in total. The third kappa shape index (κ3) is 1.30. The highest BCUT2D eigenvalue weighted by atomic mass is 16.4. The lowest BCUT2D eigenvalue weighted by atomic mass is 10.1.